The van der Waals surface area contributed by atoms with Gasteiger partial charge in [0, 0.05) is 37.4 Å². The largest absolute Gasteiger partial charge is 0.478 e. The van der Waals surface area contributed by atoms with Crippen LogP contribution in [0, 0.1) is 0 Å². The third-order valence-corrected chi connectivity index (χ3v) is 6.57. The number of carbonyl (C=O) groups excluding carboxylic acids is 2. The number of benzene rings is 2. The summed E-state index contributed by atoms with van der Waals surface area (Å²) in [6.07, 6.45) is 3.65. The number of likely N-dealkylation sites (tertiary alicyclic amines) is 1. The molecule has 0 aliphatic carbocycles. The van der Waals surface area contributed by atoms with Gasteiger partial charge in [0.2, 0.25) is 5.91 Å². The number of rotatable bonds is 2. The van der Waals surface area contributed by atoms with Crippen LogP contribution in [0.3, 0.4) is 0 Å². The standard InChI is InChI=1S/C16H19N3O3.C9H6N2O2/c1-2-22-16(21)18-7-6-13-11(8-18)10-4-3-5-12-15(10)19(13)9-14(20)17-12;12-9(13)6-2-1-3-7-8(6)11-5-4-10-7/h3-5,11,13H,2,6-9H2,1H3,(H,17,20);1-5H,(H,12,13)/t11-,13-;/m0./s1. The number of amides is 2. The van der Waals surface area contributed by atoms with E-state index < -0.39 is 5.97 Å². The summed E-state index contributed by atoms with van der Waals surface area (Å²) in [5.41, 5.74) is 4.48. The normalized spacial score (nSPS) is 19.7. The molecule has 0 unspecified atom stereocenters. The van der Waals surface area contributed by atoms with Gasteiger partial charge in [-0.2, -0.15) is 0 Å². The van der Waals surface area contributed by atoms with Gasteiger partial charge in [0.15, 0.2) is 0 Å². The lowest BCUT2D eigenvalue weighted by atomic mass is 9.89. The maximum atomic E-state index is 12.0. The Labute approximate surface area is 201 Å². The molecule has 0 spiro atoms. The average Bonchev–Trinajstić information content (AvgIpc) is 3.18. The number of aromatic nitrogens is 2. The summed E-state index contributed by atoms with van der Waals surface area (Å²) in [6.45, 7) is 3.97. The van der Waals surface area contributed by atoms with Crippen LogP contribution in [0.4, 0.5) is 16.2 Å². The van der Waals surface area contributed by atoms with Crippen LogP contribution in [0.5, 0.6) is 0 Å². The first-order valence-electron chi connectivity index (χ1n) is 11.5. The van der Waals surface area contributed by atoms with Crippen molar-refractivity contribution in [2.75, 3.05) is 36.5 Å². The lowest BCUT2D eigenvalue weighted by molar-refractivity contribution is -0.115. The molecule has 3 aliphatic heterocycles. The molecule has 3 aliphatic rings. The SMILES string of the molecule is CCOC(=O)N1CC[C@H]2[C@@H](C1)c1cccc3c1N2CC(=O)N3.O=C(O)c1cccc2nccnc12. The molecule has 0 radical (unpaired) electrons. The highest BCUT2D eigenvalue weighted by Gasteiger charge is 2.46. The zero-order valence-corrected chi connectivity index (χ0v) is 19.2. The molecule has 0 saturated carbocycles. The van der Waals surface area contributed by atoms with Gasteiger partial charge in [-0.05, 0) is 37.1 Å². The zero-order valence-electron chi connectivity index (χ0n) is 19.2. The van der Waals surface area contributed by atoms with Crippen molar-refractivity contribution in [3.8, 4) is 0 Å². The number of aromatic carboxylic acids is 1. The van der Waals surface area contributed by atoms with Crippen LogP contribution < -0.4 is 10.2 Å². The lowest BCUT2D eigenvalue weighted by Gasteiger charge is -2.39. The molecule has 10 heteroatoms. The Morgan fingerprint density at radius 3 is 2.77 bits per heavy atom. The predicted octanol–water partition coefficient (Wildman–Crippen LogP) is 3.10. The Balaban J connectivity index is 0.000000166. The second-order valence-electron chi connectivity index (χ2n) is 8.56. The van der Waals surface area contributed by atoms with Gasteiger partial charge >= 0.3 is 12.1 Å². The molecule has 10 nitrogen and oxygen atoms in total. The van der Waals surface area contributed by atoms with Crippen molar-refractivity contribution in [1.29, 1.82) is 0 Å². The minimum atomic E-state index is -0.980. The van der Waals surface area contributed by atoms with Crippen molar-refractivity contribution < 1.29 is 24.2 Å². The van der Waals surface area contributed by atoms with Crippen LogP contribution in [-0.2, 0) is 9.53 Å². The summed E-state index contributed by atoms with van der Waals surface area (Å²) in [4.78, 5) is 46.6. The Morgan fingerprint density at radius 2 is 1.97 bits per heavy atom. The highest BCUT2D eigenvalue weighted by atomic mass is 16.6. The molecule has 0 bridgehead atoms. The first-order valence-corrected chi connectivity index (χ1v) is 11.5. The quantitative estimate of drug-likeness (QED) is 0.579. The molecule has 180 valence electrons. The average molecular weight is 476 g/mol. The summed E-state index contributed by atoms with van der Waals surface area (Å²) >= 11 is 0. The number of fused-ring (bicyclic) bond motifs is 4. The van der Waals surface area contributed by atoms with Crippen LogP contribution in [0.2, 0.25) is 0 Å². The number of carboxylic acid groups (broad SMARTS) is 1. The number of piperidine rings is 1. The number of para-hydroxylation sites is 2. The topological polar surface area (TPSA) is 125 Å². The fourth-order valence-corrected chi connectivity index (χ4v) is 5.15. The number of anilines is 2. The van der Waals surface area contributed by atoms with Gasteiger partial charge in [-0.1, -0.05) is 18.2 Å². The van der Waals surface area contributed by atoms with Crippen molar-refractivity contribution in [3.05, 3.63) is 59.9 Å². The highest BCUT2D eigenvalue weighted by Crippen LogP contribution is 2.49. The van der Waals surface area contributed by atoms with Crippen molar-refractivity contribution in [2.45, 2.75) is 25.3 Å². The minimum absolute atomic E-state index is 0.0399. The van der Waals surface area contributed by atoms with Gasteiger partial charge in [-0.15, -0.1) is 0 Å². The minimum Gasteiger partial charge on any atom is -0.478 e. The molecule has 3 aromatic rings. The monoisotopic (exact) mass is 475 g/mol. The molecule has 2 aromatic carbocycles. The number of carboxylic acids is 1. The molecule has 35 heavy (non-hydrogen) atoms. The van der Waals surface area contributed by atoms with E-state index in [-0.39, 0.29) is 23.5 Å². The van der Waals surface area contributed by atoms with Crippen molar-refractivity contribution in [3.63, 3.8) is 0 Å². The van der Waals surface area contributed by atoms with E-state index in [1.54, 1.807) is 17.0 Å². The van der Waals surface area contributed by atoms with Crippen LogP contribution in [-0.4, -0.2) is 70.2 Å². The molecule has 2 N–H and O–H groups in total. The molecular formula is C25H25N5O5. The first kappa shape index (κ1) is 22.6. The predicted molar refractivity (Wildman–Crippen MR) is 129 cm³/mol. The van der Waals surface area contributed by atoms with E-state index in [9.17, 15) is 14.4 Å². The second-order valence-corrected chi connectivity index (χ2v) is 8.56. The maximum Gasteiger partial charge on any atom is 0.409 e. The van der Waals surface area contributed by atoms with E-state index in [4.69, 9.17) is 9.84 Å². The van der Waals surface area contributed by atoms with Crippen molar-refractivity contribution in [1.82, 2.24) is 14.9 Å². The number of nitrogens with zero attached hydrogens (tertiary/aromatic N) is 4. The number of hydrogen-bond donors (Lipinski definition) is 2. The zero-order chi connectivity index (χ0) is 24.5. The van der Waals surface area contributed by atoms with Crippen LogP contribution in [0.15, 0.2) is 48.8 Å². The molecule has 2 amide bonds. The Morgan fingerprint density at radius 1 is 1.17 bits per heavy atom. The number of ether oxygens (including phenoxy) is 1. The van der Waals surface area contributed by atoms with E-state index >= 15 is 0 Å². The molecule has 2 atom stereocenters. The van der Waals surface area contributed by atoms with Gasteiger partial charge in [-0.25, -0.2) is 9.59 Å². The van der Waals surface area contributed by atoms with E-state index in [1.165, 1.54) is 24.0 Å². The Bertz CT molecular complexity index is 1310. The summed E-state index contributed by atoms with van der Waals surface area (Å²) in [6, 6.07) is 11.2. The van der Waals surface area contributed by atoms with Crippen LogP contribution in [0.25, 0.3) is 11.0 Å². The number of hydrogen-bond acceptors (Lipinski definition) is 7. The van der Waals surface area contributed by atoms with Gasteiger partial charge in [-0.3, -0.25) is 14.8 Å². The van der Waals surface area contributed by atoms with Crippen LogP contribution >= 0.6 is 0 Å². The number of carbonyl (C=O) groups is 3. The summed E-state index contributed by atoms with van der Waals surface area (Å²) < 4.78 is 5.13. The fourth-order valence-electron chi connectivity index (χ4n) is 5.15. The van der Waals surface area contributed by atoms with Gasteiger partial charge < -0.3 is 25.0 Å². The van der Waals surface area contributed by atoms with E-state index in [0.717, 1.165) is 17.8 Å². The third-order valence-electron chi connectivity index (χ3n) is 6.57. The summed E-state index contributed by atoms with van der Waals surface area (Å²) in [5, 5.41) is 11.8. The fraction of sp³-hybridized carbons (Fsp3) is 0.320. The lowest BCUT2D eigenvalue weighted by Crippen LogP contribution is -2.50. The highest BCUT2D eigenvalue weighted by molar-refractivity contribution is 6.03. The van der Waals surface area contributed by atoms with Crippen molar-refractivity contribution >= 4 is 40.4 Å². The molecular weight excluding hydrogens is 450 g/mol. The third kappa shape index (κ3) is 4.11. The van der Waals surface area contributed by atoms with Gasteiger partial charge in [0.25, 0.3) is 0 Å². The molecule has 1 saturated heterocycles. The van der Waals surface area contributed by atoms with E-state index in [2.05, 4.69) is 26.3 Å². The maximum absolute atomic E-state index is 12.0. The van der Waals surface area contributed by atoms with E-state index in [1.807, 2.05) is 19.1 Å². The molecule has 4 heterocycles. The smallest absolute Gasteiger partial charge is 0.409 e. The Hall–Kier alpha value is -4.21. The first-order chi connectivity index (χ1) is 17.0. The van der Waals surface area contributed by atoms with Gasteiger partial charge in [0.05, 0.1) is 35.6 Å². The molecule has 1 aromatic heterocycles. The molecule has 6 rings (SSSR count). The Kier molecular flexibility index (Phi) is 5.94. The summed E-state index contributed by atoms with van der Waals surface area (Å²) in [7, 11) is 0. The second kappa shape index (κ2) is 9.21. The summed E-state index contributed by atoms with van der Waals surface area (Å²) in [5.74, 6) is -0.690. The van der Waals surface area contributed by atoms with Crippen LogP contribution in [0.1, 0.15) is 35.2 Å². The van der Waals surface area contributed by atoms with E-state index in [0.29, 0.717) is 43.3 Å². The van der Waals surface area contributed by atoms with Gasteiger partial charge in [0.1, 0.15) is 5.52 Å². The number of nitrogens with one attached hydrogen (secondary N) is 1. The molecule has 1 fully saturated rings. The van der Waals surface area contributed by atoms with Crippen molar-refractivity contribution in [2.24, 2.45) is 0 Å².